The molecule has 0 bridgehead atoms. The van der Waals surface area contributed by atoms with Gasteiger partial charge in [0.05, 0.1) is 10.9 Å². The minimum absolute atomic E-state index is 1.07. The monoisotopic (exact) mass is 677 g/mol. The highest BCUT2D eigenvalue weighted by molar-refractivity contribution is 6.19. The quantitative estimate of drug-likeness (QED) is 0.0391. The van der Waals surface area contributed by atoms with Gasteiger partial charge >= 0.3 is 0 Å². The molecule has 0 N–H and O–H groups in total. The zero-order valence-corrected chi connectivity index (χ0v) is 31.6. The third kappa shape index (κ3) is 9.20. The molecule has 0 atom stereocenters. The van der Waals surface area contributed by atoms with Crippen LogP contribution in [0.4, 0.5) is 5.69 Å². The Hall–Kier alpha value is -4.17. The first-order valence-electron chi connectivity index (χ1n) is 20.5. The van der Waals surface area contributed by atoms with Crippen molar-refractivity contribution in [3.05, 3.63) is 120 Å². The summed E-state index contributed by atoms with van der Waals surface area (Å²) in [7, 11) is 0. The summed E-state index contributed by atoms with van der Waals surface area (Å²) in [5.74, 6) is 0. The zero-order valence-electron chi connectivity index (χ0n) is 31.6. The fourth-order valence-electron chi connectivity index (χ4n) is 8.20. The number of allylic oxidation sites excluding steroid dienone is 6. The van der Waals surface area contributed by atoms with Gasteiger partial charge in [-0.3, -0.25) is 0 Å². The molecule has 0 fully saturated rings. The number of aromatic nitrogens is 1. The fourth-order valence-corrected chi connectivity index (χ4v) is 8.20. The molecule has 1 aromatic heterocycles. The van der Waals surface area contributed by atoms with Gasteiger partial charge in [0.1, 0.15) is 6.54 Å². The Morgan fingerprint density at radius 1 is 0.529 bits per heavy atom. The van der Waals surface area contributed by atoms with E-state index in [1.54, 1.807) is 0 Å². The zero-order chi connectivity index (χ0) is 35.1. The normalized spacial score (nSPS) is 13.7. The average molecular weight is 678 g/mol. The number of hydrogen-bond acceptors (Lipinski definition) is 0. The van der Waals surface area contributed by atoms with Gasteiger partial charge in [0.15, 0.2) is 0 Å². The molecule has 4 aromatic carbocycles. The SMILES string of the molecule is CCCCCCCCCCn1\c(=C/C=C/C=C/C=C/C2=[N+](CCCCCCCCCC)c3cccc4cccc2c34)c2cccc3cccc1c32. The van der Waals surface area contributed by atoms with Crippen molar-refractivity contribution >= 4 is 49.9 Å². The summed E-state index contributed by atoms with van der Waals surface area (Å²) in [6, 6.07) is 27.1. The molecule has 0 radical (unpaired) electrons. The molecule has 266 valence electrons. The van der Waals surface area contributed by atoms with Crippen molar-refractivity contribution in [1.29, 1.82) is 0 Å². The van der Waals surface area contributed by atoms with Crippen LogP contribution in [-0.2, 0) is 6.54 Å². The van der Waals surface area contributed by atoms with Crippen molar-refractivity contribution in [3.8, 4) is 0 Å². The van der Waals surface area contributed by atoms with E-state index in [0.717, 1.165) is 13.1 Å². The number of aryl methyl sites for hydroxylation is 1. The molecule has 1 aliphatic heterocycles. The smallest absolute Gasteiger partial charge is 0.214 e. The third-order valence-electron chi connectivity index (χ3n) is 10.9. The Kier molecular flexibility index (Phi) is 14.0. The third-order valence-corrected chi connectivity index (χ3v) is 10.9. The topological polar surface area (TPSA) is 7.94 Å². The predicted molar refractivity (Wildman–Crippen MR) is 225 cm³/mol. The lowest BCUT2D eigenvalue weighted by atomic mass is 10.0. The van der Waals surface area contributed by atoms with E-state index in [9.17, 15) is 0 Å². The van der Waals surface area contributed by atoms with E-state index in [2.05, 4.69) is 138 Å². The Balaban J connectivity index is 1.14. The Morgan fingerprint density at radius 2 is 1.10 bits per heavy atom. The highest BCUT2D eigenvalue weighted by Gasteiger charge is 2.29. The molecular weight excluding hydrogens is 617 g/mol. The van der Waals surface area contributed by atoms with E-state index >= 15 is 0 Å². The van der Waals surface area contributed by atoms with Crippen LogP contribution in [0.3, 0.4) is 0 Å². The van der Waals surface area contributed by atoms with Crippen molar-refractivity contribution < 1.29 is 4.58 Å². The number of unbranched alkanes of at least 4 members (excludes halogenated alkanes) is 14. The largest absolute Gasteiger partial charge is 0.340 e. The number of hydrogen-bond donors (Lipinski definition) is 0. The van der Waals surface area contributed by atoms with Gasteiger partial charge in [-0.2, -0.15) is 4.58 Å². The van der Waals surface area contributed by atoms with Crippen LogP contribution in [0, 0.1) is 0 Å². The van der Waals surface area contributed by atoms with Crippen LogP contribution < -0.4 is 5.35 Å². The summed E-state index contributed by atoms with van der Waals surface area (Å²) in [6.45, 7) is 6.74. The van der Waals surface area contributed by atoms with Crippen LogP contribution in [0.1, 0.15) is 122 Å². The number of benzene rings is 4. The van der Waals surface area contributed by atoms with Gasteiger partial charge in [-0.25, -0.2) is 0 Å². The first kappa shape index (κ1) is 36.6. The van der Waals surface area contributed by atoms with Gasteiger partial charge in [0.25, 0.3) is 0 Å². The predicted octanol–water partition coefficient (Wildman–Crippen LogP) is 13.5. The summed E-state index contributed by atoms with van der Waals surface area (Å²) in [4.78, 5) is 0. The summed E-state index contributed by atoms with van der Waals surface area (Å²) >= 11 is 0. The van der Waals surface area contributed by atoms with Gasteiger partial charge in [0, 0.05) is 46.7 Å². The van der Waals surface area contributed by atoms with E-state index in [1.807, 2.05) is 0 Å². The maximum absolute atomic E-state index is 2.57. The molecule has 51 heavy (non-hydrogen) atoms. The number of rotatable bonds is 22. The highest BCUT2D eigenvalue weighted by Crippen LogP contribution is 2.35. The van der Waals surface area contributed by atoms with Crippen LogP contribution in [0.5, 0.6) is 0 Å². The lowest BCUT2D eigenvalue weighted by Gasteiger charge is -2.07. The Morgan fingerprint density at radius 3 is 1.82 bits per heavy atom. The van der Waals surface area contributed by atoms with E-state index in [0.29, 0.717) is 0 Å². The average Bonchev–Trinajstić information content (AvgIpc) is 3.63. The van der Waals surface area contributed by atoms with Gasteiger partial charge in [-0.05, 0) is 41.8 Å². The standard InChI is InChI=1S/C49H61N2/c1-3-5-7-9-11-13-18-22-38-50-44(42-32-24-28-40-30-26-36-46(50)48(40)42)34-20-16-15-17-21-35-45-43-33-25-29-41-31-27-37-47(49(41)43)51(45)39-23-19-14-12-10-8-6-4-2/h15-17,20-21,24-37H,3-14,18-19,22-23,38-39H2,1-2H3/q+1. The second kappa shape index (κ2) is 19.4. The minimum atomic E-state index is 1.07. The molecule has 0 unspecified atom stereocenters. The molecule has 0 amide bonds. The molecular formula is C49H61N2+. The molecule has 1 aliphatic rings. The van der Waals surface area contributed by atoms with Crippen LogP contribution in [0.15, 0.2) is 109 Å². The first-order chi connectivity index (χ1) is 25.3. The molecule has 0 saturated heterocycles. The molecule has 5 aromatic rings. The molecule has 2 nitrogen and oxygen atoms in total. The van der Waals surface area contributed by atoms with Crippen molar-refractivity contribution in [2.45, 2.75) is 123 Å². The molecule has 0 spiro atoms. The molecule has 0 aliphatic carbocycles. The molecule has 2 heteroatoms. The van der Waals surface area contributed by atoms with E-state index < -0.39 is 0 Å². The van der Waals surface area contributed by atoms with Crippen molar-refractivity contribution in [2.24, 2.45) is 0 Å². The maximum atomic E-state index is 2.57. The molecule has 6 rings (SSSR count). The lowest BCUT2D eigenvalue weighted by molar-refractivity contribution is -0.436. The lowest BCUT2D eigenvalue weighted by Crippen LogP contribution is -2.16. The highest BCUT2D eigenvalue weighted by atomic mass is 15.0. The second-order valence-corrected chi connectivity index (χ2v) is 14.7. The number of nitrogens with zero attached hydrogens (tertiary/aromatic N) is 2. The van der Waals surface area contributed by atoms with E-state index in [1.165, 1.54) is 157 Å². The summed E-state index contributed by atoms with van der Waals surface area (Å²) in [6.07, 6.45) is 37.1. The van der Waals surface area contributed by atoms with Gasteiger partial charge in [0.2, 0.25) is 11.4 Å². The van der Waals surface area contributed by atoms with Gasteiger partial charge in [-0.1, -0.05) is 182 Å². The maximum Gasteiger partial charge on any atom is 0.214 e. The second-order valence-electron chi connectivity index (χ2n) is 14.7. The minimum Gasteiger partial charge on any atom is -0.340 e. The molecule has 0 saturated carbocycles. The Bertz CT molecular complexity index is 2020. The van der Waals surface area contributed by atoms with E-state index in [4.69, 9.17) is 0 Å². The Labute approximate surface area is 308 Å². The summed E-state index contributed by atoms with van der Waals surface area (Å²) in [5.41, 5.74) is 5.42. The van der Waals surface area contributed by atoms with Crippen LogP contribution >= 0.6 is 0 Å². The van der Waals surface area contributed by atoms with Crippen molar-refractivity contribution in [3.63, 3.8) is 0 Å². The molecule has 2 heterocycles. The van der Waals surface area contributed by atoms with Gasteiger partial charge in [-0.15, -0.1) is 0 Å². The fraction of sp³-hybridized carbons (Fsp3) is 0.408. The van der Waals surface area contributed by atoms with Crippen LogP contribution in [0.25, 0.3) is 38.5 Å². The summed E-state index contributed by atoms with van der Waals surface area (Å²) < 4.78 is 5.14. The van der Waals surface area contributed by atoms with Crippen LogP contribution in [-0.4, -0.2) is 21.4 Å². The van der Waals surface area contributed by atoms with E-state index in [-0.39, 0.29) is 0 Å². The van der Waals surface area contributed by atoms with Crippen molar-refractivity contribution in [1.82, 2.24) is 4.57 Å². The van der Waals surface area contributed by atoms with Crippen molar-refractivity contribution in [2.75, 3.05) is 6.54 Å². The van der Waals surface area contributed by atoms with Gasteiger partial charge < -0.3 is 4.57 Å². The first-order valence-corrected chi connectivity index (χ1v) is 20.5. The van der Waals surface area contributed by atoms with Crippen LogP contribution in [0.2, 0.25) is 0 Å². The summed E-state index contributed by atoms with van der Waals surface area (Å²) in [5, 5.41) is 8.16.